The molecule has 2 N–H and O–H groups in total. The molecule has 2 aromatic rings. The lowest BCUT2D eigenvalue weighted by Gasteiger charge is -2.18. The van der Waals surface area contributed by atoms with E-state index in [-0.39, 0.29) is 11.7 Å². The second kappa shape index (κ2) is 6.74. The lowest BCUT2D eigenvalue weighted by Crippen LogP contribution is -2.35. The Morgan fingerprint density at radius 3 is 2.96 bits per heavy atom. The molecule has 7 nitrogen and oxygen atoms in total. The predicted octanol–water partition coefficient (Wildman–Crippen LogP) is 1.57. The number of esters is 1. The number of phenols is 1. The number of hydrogen-bond acceptors (Lipinski definition) is 5. The maximum Gasteiger partial charge on any atom is 0.333 e. The summed E-state index contributed by atoms with van der Waals surface area (Å²) in [6, 6.07) is 5.18. The molecule has 0 spiro atoms. The van der Waals surface area contributed by atoms with E-state index in [1.54, 1.807) is 12.1 Å². The van der Waals surface area contributed by atoms with E-state index in [2.05, 4.69) is 10.4 Å². The molecule has 1 aromatic carbocycles. The van der Waals surface area contributed by atoms with Gasteiger partial charge in [0.2, 0.25) is 0 Å². The van der Waals surface area contributed by atoms with E-state index in [9.17, 15) is 14.7 Å². The Balaban J connectivity index is 1.86. The monoisotopic (exact) mass is 329 g/mol. The molecule has 1 aliphatic rings. The van der Waals surface area contributed by atoms with Crippen LogP contribution in [0.5, 0.6) is 5.75 Å². The number of hydrogen-bond donors (Lipinski definition) is 2. The van der Waals surface area contributed by atoms with Crippen LogP contribution in [0.15, 0.2) is 30.5 Å². The fourth-order valence-corrected chi connectivity index (χ4v) is 2.92. The van der Waals surface area contributed by atoms with Crippen LogP contribution in [-0.4, -0.2) is 33.9 Å². The number of nitrogens with zero attached hydrogens (tertiary/aromatic N) is 2. The van der Waals surface area contributed by atoms with Gasteiger partial charge in [-0.05, 0) is 37.0 Å². The summed E-state index contributed by atoms with van der Waals surface area (Å²) in [5.74, 6) is -0.967. The van der Waals surface area contributed by atoms with Crippen LogP contribution in [0.1, 0.15) is 40.5 Å². The lowest BCUT2D eigenvalue weighted by atomic mass is 10.0. The quantitative estimate of drug-likeness (QED) is 0.831. The van der Waals surface area contributed by atoms with Gasteiger partial charge in [0, 0.05) is 6.54 Å². The molecular weight excluding hydrogens is 310 g/mol. The molecule has 0 aliphatic carbocycles. The molecule has 0 bridgehead atoms. The number of rotatable bonds is 4. The topological polar surface area (TPSA) is 93.5 Å². The van der Waals surface area contributed by atoms with Crippen LogP contribution in [0, 0.1) is 0 Å². The van der Waals surface area contributed by atoms with E-state index in [1.165, 1.54) is 25.4 Å². The molecule has 0 radical (unpaired) electrons. The Morgan fingerprint density at radius 1 is 1.38 bits per heavy atom. The number of methoxy groups -OCH3 is 1. The zero-order chi connectivity index (χ0) is 17.1. The third-order valence-corrected chi connectivity index (χ3v) is 4.14. The van der Waals surface area contributed by atoms with Crippen molar-refractivity contribution in [1.82, 2.24) is 15.1 Å². The number of aryl methyl sites for hydroxylation is 1. The number of nitrogens with one attached hydrogen (secondary N) is 1. The molecule has 3 rings (SSSR count). The van der Waals surface area contributed by atoms with Crippen LogP contribution in [0.3, 0.4) is 0 Å². The molecule has 2 heterocycles. The number of amides is 1. The highest BCUT2D eigenvalue weighted by Gasteiger charge is 2.27. The summed E-state index contributed by atoms with van der Waals surface area (Å²) in [6.07, 6.45) is 4.38. The summed E-state index contributed by atoms with van der Waals surface area (Å²) in [6.45, 7) is 0.801. The highest BCUT2D eigenvalue weighted by molar-refractivity contribution is 5.97. The Hall–Kier alpha value is -2.83. The zero-order valence-corrected chi connectivity index (χ0v) is 13.4. The summed E-state index contributed by atoms with van der Waals surface area (Å²) >= 11 is 0. The molecule has 0 saturated carbocycles. The van der Waals surface area contributed by atoms with Crippen molar-refractivity contribution in [3.05, 3.63) is 47.3 Å². The first-order chi connectivity index (χ1) is 11.6. The Kier molecular flexibility index (Phi) is 4.50. The Morgan fingerprint density at radius 2 is 2.21 bits per heavy atom. The van der Waals surface area contributed by atoms with Crippen LogP contribution in [0.25, 0.3) is 0 Å². The first kappa shape index (κ1) is 16.0. The van der Waals surface area contributed by atoms with Crippen LogP contribution in [0.4, 0.5) is 0 Å². The Bertz CT molecular complexity index is 769. The molecule has 24 heavy (non-hydrogen) atoms. The number of aromatic nitrogens is 2. The van der Waals surface area contributed by atoms with Gasteiger partial charge in [0.15, 0.2) is 6.04 Å². The molecule has 1 aromatic heterocycles. The van der Waals surface area contributed by atoms with Crippen molar-refractivity contribution in [2.24, 2.45) is 0 Å². The van der Waals surface area contributed by atoms with Crippen molar-refractivity contribution >= 4 is 11.9 Å². The summed E-state index contributed by atoms with van der Waals surface area (Å²) in [5, 5.41) is 16.5. The number of phenolic OH excluding ortho intramolecular Hbond substituents is 1. The number of fused-ring (bicyclic) bond motifs is 1. The standard InChI is InChI=1S/C17H19N3O4/c1-24-17(23)15(11-5-4-6-12(21)9-11)19-16(22)13-10-18-20-8-3-2-7-14(13)20/h4-6,9-10,15,21H,2-3,7-8H2,1H3,(H,19,22). The van der Waals surface area contributed by atoms with Gasteiger partial charge in [0.25, 0.3) is 5.91 Å². The van der Waals surface area contributed by atoms with Gasteiger partial charge >= 0.3 is 5.97 Å². The largest absolute Gasteiger partial charge is 0.508 e. The number of aromatic hydroxyl groups is 1. The first-order valence-corrected chi connectivity index (χ1v) is 7.82. The van der Waals surface area contributed by atoms with Crippen LogP contribution < -0.4 is 5.32 Å². The van der Waals surface area contributed by atoms with Gasteiger partial charge in [-0.2, -0.15) is 5.10 Å². The second-order valence-corrected chi connectivity index (χ2v) is 5.71. The first-order valence-electron chi connectivity index (χ1n) is 7.82. The third kappa shape index (κ3) is 3.10. The molecule has 1 atom stereocenters. The van der Waals surface area contributed by atoms with Crippen molar-refractivity contribution in [1.29, 1.82) is 0 Å². The average molecular weight is 329 g/mol. The highest BCUT2D eigenvalue weighted by Crippen LogP contribution is 2.22. The van der Waals surface area contributed by atoms with E-state index < -0.39 is 12.0 Å². The van der Waals surface area contributed by atoms with Crippen molar-refractivity contribution in [2.45, 2.75) is 31.8 Å². The minimum absolute atomic E-state index is 0.0126. The molecule has 0 fully saturated rings. The van der Waals surface area contributed by atoms with Crippen LogP contribution >= 0.6 is 0 Å². The zero-order valence-electron chi connectivity index (χ0n) is 13.4. The third-order valence-electron chi connectivity index (χ3n) is 4.14. The SMILES string of the molecule is COC(=O)C(NC(=O)c1cnn2c1CCCC2)c1cccc(O)c1. The number of benzene rings is 1. The van der Waals surface area contributed by atoms with Gasteiger partial charge in [-0.3, -0.25) is 9.48 Å². The minimum atomic E-state index is -0.992. The number of ether oxygens (including phenoxy) is 1. The molecule has 1 aliphatic heterocycles. The molecule has 7 heteroatoms. The minimum Gasteiger partial charge on any atom is -0.508 e. The van der Waals surface area contributed by atoms with Gasteiger partial charge in [-0.1, -0.05) is 12.1 Å². The van der Waals surface area contributed by atoms with Crippen LogP contribution in [-0.2, 0) is 22.5 Å². The van der Waals surface area contributed by atoms with E-state index in [1.807, 2.05) is 4.68 Å². The van der Waals surface area contributed by atoms with Gasteiger partial charge in [-0.25, -0.2) is 4.79 Å². The fourth-order valence-electron chi connectivity index (χ4n) is 2.92. The van der Waals surface area contributed by atoms with Gasteiger partial charge in [-0.15, -0.1) is 0 Å². The van der Waals surface area contributed by atoms with Crippen molar-refractivity contribution < 1.29 is 19.4 Å². The van der Waals surface area contributed by atoms with E-state index in [0.717, 1.165) is 31.5 Å². The summed E-state index contributed by atoms with van der Waals surface area (Å²) in [4.78, 5) is 24.7. The second-order valence-electron chi connectivity index (χ2n) is 5.71. The van der Waals surface area contributed by atoms with Gasteiger partial charge < -0.3 is 15.2 Å². The summed E-state index contributed by atoms with van der Waals surface area (Å²) in [7, 11) is 1.26. The van der Waals surface area contributed by atoms with E-state index in [4.69, 9.17) is 4.74 Å². The molecule has 1 unspecified atom stereocenters. The molecule has 1 amide bonds. The molecule has 126 valence electrons. The molecule has 0 saturated heterocycles. The molecular formula is C17H19N3O4. The highest BCUT2D eigenvalue weighted by atomic mass is 16.5. The lowest BCUT2D eigenvalue weighted by molar-refractivity contribution is -0.143. The van der Waals surface area contributed by atoms with Crippen molar-refractivity contribution in [3.63, 3.8) is 0 Å². The number of carbonyl (C=O) groups excluding carboxylic acids is 2. The van der Waals surface area contributed by atoms with Crippen molar-refractivity contribution in [2.75, 3.05) is 7.11 Å². The average Bonchev–Trinajstić information content (AvgIpc) is 3.03. The maximum atomic E-state index is 12.6. The van der Waals surface area contributed by atoms with Gasteiger partial charge in [0.05, 0.1) is 24.6 Å². The fraction of sp³-hybridized carbons (Fsp3) is 0.353. The van der Waals surface area contributed by atoms with Crippen molar-refractivity contribution in [3.8, 4) is 5.75 Å². The Labute approximate surface area is 139 Å². The maximum absolute atomic E-state index is 12.6. The number of carbonyl (C=O) groups is 2. The van der Waals surface area contributed by atoms with E-state index in [0.29, 0.717) is 11.1 Å². The smallest absolute Gasteiger partial charge is 0.333 e. The summed E-state index contributed by atoms with van der Waals surface area (Å²) < 4.78 is 6.61. The van der Waals surface area contributed by atoms with E-state index >= 15 is 0 Å². The van der Waals surface area contributed by atoms with Gasteiger partial charge in [0.1, 0.15) is 5.75 Å². The summed E-state index contributed by atoms with van der Waals surface area (Å²) in [5.41, 5.74) is 1.82. The van der Waals surface area contributed by atoms with Crippen LogP contribution in [0.2, 0.25) is 0 Å². The normalized spacial score (nSPS) is 14.5. The predicted molar refractivity (Wildman–Crippen MR) is 85.5 cm³/mol.